The predicted molar refractivity (Wildman–Crippen MR) is 452 cm³/mol. The highest BCUT2D eigenvalue weighted by Crippen LogP contribution is 2.32. The molecule has 27 heteroatoms. The normalized spacial score (nSPS) is 11.4. The van der Waals surface area contributed by atoms with Gasteiger partial charge in [0.2, 0.25) is 0 Å². The summed E-state index contributed by atoms with van der Waals surface area (Å²) in [6.07, 6.45) is 7.51. The van der Waals surface area contributed by atoms with E-state index in [1.165, 1.54) is 50.8 Å². The van der Waals surface area contributed by atoms with Gasteiger partial charge in [-0.3, -0.25) is 74.4 Å². The number of para-hydroxylation sites is 1. The largest absolute Gasteiger partial charge is 0.290 e. The zero-order valence-electron chi connectivity index (χ0n) is 60.5. The van der Waals surface area contributed by atoms with Gasteiger partial charge in [-0.1, -0.05) is 161 Å². The van der Waals surface area contributed by atoms with E-state index in [9.17, 15) is 37.1 Å². The summed E-state index contributed by atoms with van der Waals surface area (Å²) < 4.78 is 51.4. The van der Waals surface area contributed by atoms with Crippen LogP contribution in [0.1, 0.15) is 33.4 Å². The lowest BCUT2D eigenvalue weighted by molar-refractivity contribution is 0.636. The number of aromatic nitrogens is 15. The summed E-state index contributed by atoms with van der Waals surface area (Å²) in [5.74, 6) is -1.29. The summed E-state index contributed by atoms with van der Waals surface area (Å²) in [6, 6.07) is 59.2. The van der Waals surface area contributed by atoms with Crippen LogP contribution in [0, 0.1) is 59.0 Å². The minimum Gasteiger partial charge on any atom is -0.290 e. The lowest BCUT2D eigenvalue weighted by Gasteiger charge is -2.04. The van der Waals surface area contributed by atoms with E-state index in [4.69, 9.17) is 11.6 Å². The van der Waals surface area contributed by atoms with Crippen LogP contribution in [0.4, 0.5) is 13.2 Å². The van der Waals surface area contributed by atoms with Gasteiger partial charge in [-0.15, -0.1) is 0 Å². The molecular weight excluding hydrogens is 1660 g/mol. The van der Waals surface area contributed by atoms with Crippen molar-refractivity contribution in [1.82, 2.24) is 73.8 Å². The number of H-pyrrole nitrogens is 5. The molecule has 0 unspecified atom stereocenters. The van der Waals surface area contributed by atoms with Gasteiger partial charge in [0.05, 0.1) is 94.0 Å². The average Bonchev–Trinajstić information content (AvgIpc) is 1.65. The third kappa shape index (κ3) is 14.1. The summed E-state index contributed by atoms with van der Waals surface area (Å²) in [6.45, 7) is 12.0. The Kier molecular flexibility index (Phi) is 19.8. The Bertz CT molecular complexity index is 7120. The van der Waals surface area contributed by atoms with Gasteiger partial charge in [0.25, 0.3) is 27.8 Å². The number of aromatic amines is 5. The minimum atomic E-state index is -0.430. The molecule has 0 spiro atoms. The molecule has 10 aromatic carbocycles. The molecule has 0 amide bonds. The van der Waals surface area contributed by atoms with Crippen molar-refractivity contribution in [2.24, 2.45) is 0 Å². The molecule has 0 saturated heterocycles. The number of benzene rings is 10. The molecular formula is C86H60Br3ClF3N15O5. The van der Waals surface area contributed by atoms with Crippen molar-refractivity contribution in [3.63, 3.8) is 0 Å². The first-order valence-corrected chi connectivity index (χ1v) is 37.9. The Morgan fingerprint density at radius 3 is 0.982 bits per heavy atom. The molecule has 10 heterocycles. The maximum atomic E-state index is 14.1. The van der Waals surface area contributed by atoms with Crippen molar-refractivity contribution in [3.05, 3.63) is 346 Å². The van der Waals surface area contributed by atoms with Crippen LogP contribution in [0.2, 0.25) is 5.02 Å². The molecule has 20 aromatic rings. The van der Waals surface area contributed by atoms with Crippen molar-refractivity contribution in [2.75, 3.05) is 0 Å². The van der Waals surface area contributed by atoms with E-state index in [2.05, 4.69) is 98.2 Å². The summed E-state index contributed by atoms with van der Waals surface area (Å²) >= 11 is 15.9. The molecule has 20 rings (SSSR count). The second-order valence-electron chi connectivity index (χ2n) is 27.2. The fraction of sp³-hybridized carbons (Fsp3) is 0.0698. The third-order valence-corrected chi connectivity index (χ3v) is 20.9. The number of nitrogens with zero attached hydrogens (tertiary/aromatic N) is 10. The van der Waals surface area contributed by atoms with Crippen LogP contribution in [0.3, 0.4) is 0 Å². The standard InChI is InChI=1S/C18H15N3O.3C17H11BrFN3O.C17H12ClN3O/c1-11-3-6-13(7-4-11)21-18(22)15-10-19-16-9-12(2)5-8-14(16)17(15)20-21;3*1-9-2-4-11(5-3-9)22-17(23)13-8-20-16-12(15(13)21-22)6-10(18)7-14(16)19;1-10-4-2-3-5-15(10)21-17(22)13-9-19-14-7-6-11(18)8-12(14)16(13)20-21/h3-10,20H,1-2H3;3*2-8,21H,1H3;2-9,20H,1H3. The van der Waals surface area contributed by atoms with E-state index in [1.54, 1.807) is 46.0 Å². The molecule has 10 aromatic heterocycles. The minimum absolute atomic E-state index is 0.0752. The Morgan fingerprint density at radius 2 is 0.611 bits per heavy atom. The number of halogens is 7. The van der Waals surface area contributed by atoms with Gasteiger partial charge in [0.15, 0.2) is 17.5 Å². The van der Waals surface area contributed by atoms with E-state index in [-0.39, 0.29) is 44.3 Å². The lowest BCUT2D eigenvalue weighted by Crippen LogP contribution is -2.15. The predicted octanol–water partition coefficient (Wildman–Crippen LogP) is 19.5. The molecule has 558 valence electrons. The fourth-order valence-electron chi connectivity index (χ4n) is 13.5. The molecule has 0 aliphatic rings. The Morgan fingerprint density at radius 1 is 0.301 bits per heavy atom. The van der Waals surface area contributed by atoms with Crippen molar-refractivity contribution in [1.29, 1.82) is 0 Å². The number of aryl methyl sites for hydroxylation is 6. The third-order valence-electron chi connectivity index (χ3n) is 19.3. The highest BCUT2D eigenvalue weighted by molar-refractivity contribution is 9.11. The van der Waals surface area contributed by atoms with Crippen molar-refractivity contribution >= 4 is 168 Å². The topological polar surface area (TPSA) is 253 Å². The SMILES string of the molecule is Cc1ccc(-n2[nH]c3c(cnc4c(F)cc(Br)cc43)c2=O)cc1.Cc1ccc(-n2[nH]c3c(cnc4c(F)cc(Br)cc43)c2=O)cc1.Cc1ccc(-n2[nH]c3c(cnc4c(F)cc(Br)cc43)c2=O)cc1.Cc1ccc(-n2[nH]c3c(cnc4cc(C)ccc43)c2=O)cc1.Cc1ccccc1-n1[nH]c2c(cnc3ccc(Cl)cc32)c1=O. The highest BCUT2D eigenvalue weighted by atomic mass is 79.9. The maximum absolute atomic E-state index is 14.1. The average molecular weight is 1720 g/mol. The van der Waals surface area contributed by atoms with Gasteiger partial charge in [-0.05, 0) is 168 Å². The lowest BCUT2D eigenvalue weighted by atomic mass is 10.1. The zero-order valence-corrected chi connectivity index (χ0v) is 66.0. The van der Waals surface area contributed by atoms with Gasteiger partial charge < -0.3 is 0 Å². The Labute approximate surface area is 666 Å². The van der Waals surface area contributed by atoms with Crippen LogP contribution in [0.15, 0.2) is 262 Å². The van der Waals surface area contributed by atoms with Crippen LogP contribution in [-0.4, -0.2) is 73.8 Å². The second kappa shape index (κ2) is 30.1. The number of nitrogens with one attached hydrogen (secondary N) is 5. The Hall–Kier alpha value is -12.9. The molecule has 5 N–H and O–H groups in total. The number of hydrogen-bond donors (Lipinski definition) is 5. The van der Waals surface area contributed by atoms with Crippen molar-refractivity contribution < 1.29 is 13.2 Å². The molecule has 0 bridgehead atoms. The number of fused-ring (bicyclic) bond motifs is 15. The van der Waals surface area contributed by atoms with Crippen LogP contribution in [-0.2, 0) is 0 Å². The summed E-state index contributed by atoms with van der Waals surface area (Å²) in [7, 11) is 0. The van der Waals surface area contributed by atoms with E-state index in [0.29, 0.717) is 78.1 Å². The monoisotopic (exact) mass is 1710 g/mol. The van der Waals surface area contributed by atoms with Crippen LogP contribution >= 0.6 is 59.4 Å². The summed E-state index contributed by atoms with van der Waals surface area (Å²) in [5, 5.41) is 22.2. The van der Waals surface area contributed by atoms with Crippen LogP contribution in [0.25, 0.3) is 137 Å². The second-order valence-corrected chi connectivity index (χ2v) is 30.3. The van der Waals surface area contributed by atoms with Gasteiger partial charge >= 0.3 is 0 Å². The quantitative estimate of drug-likeness (QED) is 0.109. The molecule has 113 heavy (non-hydrogen) atoms. The first-order valence-electron chi connectivity index (χ1n) is 35.1. The number of hydrogen-bond acceptors (Lipinski definition) is 10. The Balaban J connectivity index is 0.000000107. The van der Waals surface area contributed by atoms with Crippen LogP contribution < -0.4 is 27.8 Å². The van der Waals surface area contributed by atoms with Gasteiger partial charge in [-0.25, -0.2) is 36.6 Å². The first-order chi connectivity index (χ1) is 54.4. The number of rotatable bonds is 5. The molecule has 0 radical (unpaired) electrons. The molecule has 0 atom stereocenters. The molecule has 0 fully saturated rings. The summed E-state index contributed by atoms with van der Waals surface area (Å²) in [4.78, 5) is 84.2. The highest BCUT2D eigenvalue weighted by Gasteiger charge is 2.21. The van der Waals surface area contributed by atoms with Crippen molar-refractivity contribution in [3.8, 4) is 28.4 Å². The molecule has 0 saturated carbocycles. The first kappa shape index (κ1) is 74.2. The van der Waals surface area contributed by atoms with Gasteiger partial charge in [0, 0.05) is 76.4 Å². The van der Waals surface area contributed by atoms with Gasteiger partial charge in [-0.2, -0.15) is 0 Å². The van der Waals surface area contributed by atoms with E-state index >= 15 is 0 Å². The van der Waals surface area contributed by atoms with Crippen molar-refractivity contribution in [2.45, 2.75) is 41.5 Å². The number of pyridine rings is 5. The molecule has 0 aliphatic heterocycles. The van der Waals surface area contributed by atoms with Gasteiger partial charge in [0.1, 0.15) is 16.6 Å². The zero-order chi connectivity index (χ0) is 78.9. The summed E-state index contributed by atoms with van der Waals surface area (Å²) in [5.41, 5.74) is 15.4. The fourth-order valence-corrected chi connectivity index (χ4v) is 14.9. The smallest absolute Gasteiger partial charge is 0.280 e. The maximum Gasteiger partial charge on any atom is 0.280 e. The molecule has 20 nitrogen and oxygen atoms in total. The van der Waals surface area contributed by atoms with Crippen LogP contribution in [0.5, 0.6) is 0 Å². The van der Waals surface area contributed by atoms with E-state index in [0.717, 1.165) is 94.7 Å². The van der Waals surface area contributed by atoms with E-state index in [1.807, 2.05) is 193 Å². The van der Waals surface area contributed by atoms with E-state index < -0.39 is 17.5 Å². The molecule has 0 aliphatic carbocycles.